The van der Waals surface area contributed by atoms with E-state index in [0.29, 0.717) is 6.54 Å². The molecule has 1 heterocycles. The summed E-state index contributed by atoms with van der Waals surface area (Å²) in [6.45, 7) is 0.305. The zero-order valence-corrected chi connectivity index (χ0v) is 15.7. The van der Waals surface area contributed by atoms with Crippen LogP contribution in [0.15, 0.2) is 65.8 Å². The van der Waals surface area contributed by atoms with Crippen LogP contribution in [0.2, 0.25) is 0 Å². The molecule has 1 amide bonds. The first-order chi connectivity index (χ1) is 11.7. The van der Waals surface area contributed by atoms with Crippen molar-refractivity contribution >= 4 is 12.1 Å². The van der Waals surface area contributed by atoms with Crippen molar-refractivity contribution in [2.24, 2.45) is 5.10 Å². The Morgan fingerprint density at radius 2 is 1.76 bits per heavy atom. The van der Waals surface area contributed by atoms with Crippen LogP contribution in [-0.4, -0.2) is 27.2 Å². The molecule has 0 atom stereocenters. The number of carbonyl (C=O) groups excluding carboxylic acids is 1. The van der Waals surface area contributed by atoms with Gasteiger partial charge in [-0.25, -0.2) is 0 Å². The predicted molar refractivity (Wildman–Crippen MR) is 86.5 cm³/mol. The van der Waals surface area contributed by atoms with Crippen molar-refractivity contribution < 1.29 is 39.5 Å². The van der Waals surface area contributed by atoms with Gasteiger partial charge in [0.25, 0.3) is 5.91 Å². The van der Waals surface area contributed by atoms with E-state index < -0.39 is 11.8 Å². The molecular formula is C17H14N5NaO2. The minimum Gasteiger partial charge on any atom is -0.856 e. The molecule has 0 aliphatic rings. The van der Waals surface area contributed by atoms with Crippen LogP contribution in [-0.2, 0) is 6.54 Å². The molecule has 25 heavy (non-hydrogen) atoms. The van der Waals surface area contributed by atoms with Crippen LogP contribution < -0.4 is 40.0 Å². The molecule has 0 fully saturated rings. The van der Waals surface area contributed by atoms with Gasteiger partial charge in [-0.05, 0) is 16.3 Å². The van der Waals surface area contributed by atoms with Crippen LogP contribution in [0.5, 0.6) is 5.88 Å². The topological polar surface area (TPSA) is 95.2 Å². The summed E-state index contributed by atoms with van der Waals surface area (Å²) in [4.78, 5) is 12.8. The summed E-state index contributed by atoms with van der Waals surface area (Å²) in [5.74, 6) is -1.24. The fraction of sp³-hybridized carbons (Fsp3) is 0.0588. The summed E-state index contributed by atoms with van der Waals surface area (Å²) in [5, 5.41) is 25.9. The van der Waals surface area contributed by atoms with Crippen molar-refractivity contribution in [3.05, 3.63) is 77.5 Å². The summed E-state index contributed by atoms with van der Waals surface area (Å²) < 4.78 is 0. The molecule has 3 aromatic rings. The number of rotatable bonds is 5. The summed E-state index contributed by atoms with van der Waals surface area (Å²) in [7, 11) is 0. The molecule has 0 saturated heterocycles. The van der Waals surface area contributed by atoms with E-state index in [9.17, 15) is 9.90 Å². The summed E-state index contributed by atoms with van der Waals surface area (Å²) in [6, 6.07) is 18.6. The number of nitrogens with zero attached hydrogens (tertiary/aromatic N) is 4. The first-order valence-corrected chi connectivity index (χ1v) is 7.28. The van der Waals surface area contributed by atoms with Crippen LogP contribution in [0.3, 0.4) is 0 Å². The zero-order chi connectivity index (χ0) is 16.8. The van der Waals surface area contributed by atoms with Gasteiger partial charge in [0.1, 0.15) is 0 Å². The van der Waals surface area contributed by atoms with Gasteiger partial charge >= 0.3 is 29.6 Å². The monoisotopic (exact) mass is 343 g/mol. The molecule has 0 aliphatic carbocycles. The van der Waals surface area contributed by atoms with Crippen molar-refractivity contribution in [1.29, 1.82) is 0 Å². The van der Waals surface area contributed by atoms with E-state index in [1.54, 1.807) is 0 Å². The maximum Gasteiger partial charge on any atom is 1.00 e. The van der Waals surface area contributed by atoms with Crippen LogP contribution in [0.25, 0.3) is 0 Å². The number of carbonyl (C=O) groups is 1. The van der Waals surface area contributed by atoms with Crippen molar-refractivity contribution in [3.8, 4) is 5.88 Å². The fourth-order valence-corrected chi connectivity index (χ4v) is 2.01. The molecule has 1 N–H and O–H groups in total. The van der Waals surface area contributed by atoms with Gasteiger partial charge in [0.05, 0.1) is 6.21 Å². The average molecular weight is 343 g/mol. The maximum atomic E-state index is 12.1. The number of aromatic nitrogens is 3. The van der Waals surface area contributed by atoms with Crippen LogP contribution in [0.1, 0.15) is 21.6 Å². The smallest absolute Gasteiger partial charge is 0.856 e. The first kappa shape index (κ1) is 18.9. The predicted octanol–water partition coefficient (Wildman–Crippen LogP) is -1.83. The van der Waals surface area contributed by atoms with E-state index in [-0.39, 0.29) is 35.3 Å². The third-order valence-corrected chi connectivity index (χ3v) is 3.24. The Morgan fingerprint density at radius 3 is 2.44 bits per heavy atom. The fourth-order valence-electron chi connectivity index (χ4n) is 2.01. The van der Waals surface area contributed by atoms with Crippen LogP contribution in [0, 0.1) is 0 Å². The molecule has 7 nitrogen and oxygen atoms in total. The average Bonchev–Trinajstić information content (AvgIpc) is 3.00. The second kappa shape index (κ2) is 9.12. The molecular weight excluding hydrogens is 329 g/mol. The third kappa shape index (κ3) is 4.99. The van der Waals surface area contributed by atoms with E-state index in [4.69, 9.17) is 0 Å². The van der Waals surface area contributed by atoms with Gasteiger partial charge in [0.15, 0.2) is 5.69 Å². The Labute approximate surface area is 166 Å². The Balaban J connectivity index is 0.00000225. The molecule has 0 spiro atoms. The van der Waals surface area contributed by atoms with Gasteiger partial charge in [0, 0.05) is 12.4 Å². The SMILES string of the molecule is O=C(NCc1ccccc1)c1nnn(/N=C/c2ccccc2)c1[O-].[Na+]. The summed E-state index contributed by atoms with van der Waals surface area (Å²) in [5.41, 5.74) is 1.45. The Morgan fingerprint density at radius 1 is 1.12 bits per heavy atom. The number of amides is 1. The van der Waals surface area contributed by atoms with Gasteiger partial charge in [-0.3, -0.25) is 4.79 Å². The molecule has 0 bridgehead atoms. The largest absolute Gasteiger partial charge is 1.00 e. The summed E-state index contributed by atoms with van der Waals surface area (Å²) in [6.07, 6.45) is 1.47. The van der Waals surface area contributed by atoms with Gasteiger partial charge in [-0.1, -0.05) is 60.7 Å². The van der Waals surface area contributed by atoms with E-state index in [0.717, 1.165) is 15.9 Å². The van der Waals surface area contributed by atoms with Crippen molar-refractivity contribution in [3.63, 3.8) is 0 Å². The Hall–Kier alpha value is -2.48. The Kier molecular flexibility index (Phi) is 6.88. The second-order valence-electron chi connectivity index (χ2n) is 4.96. The van der Waals surface area contributed by atoms with E-state index in [1.165, 1.54) is 6.21 Å². The normalized spacial score (nSPS) is 10.4. The molecule has 120 valence electrons. The van der Waals surface area contributed by atoms with E-state index >= 15 is 0 Å². The van der Waals surface area contributed by atoms with Crippen LogP contribution >= 0.6 is 0 Å². The van der Waals surface area contributed by atoms with E-state index in [2.05, 4.69) is 20.7 Å². The van der Waals surface area contributed by atoms with Gasteiger partial charge in [-0.2, -0.15) is 5.10 Å². The molecule has 0 radical (unpaired) electrons. The van der Waals surface area contributed by atoms with Crippen molar-refractivity contribution in [2.75, 3.05) is 0 Å². The maximum absolute atomic E-state index is 12.1. The van der Waals surface area contributed by atoms with Gasteiger partial charge in [-0.15, -0.1) is 9.89 Å². The molecule has 3 rings (SSSR count). The number of hydrogen-bond donors (Lipinski definition) is 1. The molecule has 0 unspecified atom stereocenters. The second-order valence-corrected chi connectivity index (χ2v) is 4.96. The standard InChI is InChI=1S/C17H15N5O2.Na/c23-16(18-11-13-7-3-1-4-8-13)15-17(24)22(21-20-15)19-12-14-9-5-2-6-10-14;/h1-10,12,24H,11H2,(H,18,23);/q;+1/p-1/b19-12+;. The molecule has 0 aliphatic heterocycles. The molecule has 8 heteroatoms. The van der Waals surface area contributed by atoms with Gasteiger partial charge < -0.3 is 10.4 Å². The van der Waals surface area contributed by atoms with Crippen molar-refractivity contribution in [1.82, 2.24) is 20.4 Å². The summed E-state index contributed by atoms with van der Waals surface area (Å²) >= 11 is 0. The Bertz CT molecular complexity index is 850. The van der Waals surface area contributed by atoms with E-state index in [1.807, 2.05) is 60.7 Å². The minimum atomic E-state index is -0.659. The number of nitrogens with one attached hydrogen (secondary N) is 1. The van der Waals surface area contributed by atoms with Crippen LogP contribution in [0.4, 0.5) is 0 Å². The number of benzene rings is 2. The quantitative estimate of drug-likeness (QED) is 0.435. The van der Waals surface area contributed by atoms with Gasteiger partial charge in [0.2, 0.25) is 0 Å². The van der Waals surface area contributed by atoms with Crippen molar-refractivity contribution in [2.45, 2.75) is 6.54 Å². The minimum absolute atomic E-state index is 0. The first-order valence-electron chi connectivity index (χ1n) is 7.28. The molecule has 2 aromatic carbocycles. The molecule has 0 saturated carbocycles. The molecule has 1 aromatic heterocycles. The zero-order valence-electron chi connectivity index (χ0n) is 13.7. The third-order valence-electron chi connectivity index (χ3n) is 3.24. The number of hydrogen-bond acceptors (Lipinski definition) is 5.